The van der Waals surface area contributed by atoms with Crippen molar-refractivity contribution < 1.29 is 4.42 Å². The highest BCUT2D eigenvalue weighted by atomic mass is 32.2. The lowest BCUT2D eigenvalue weighted by molar-refractivity contribution is 0.454. The van der Waals surface area contributed by atoms with Crippen molar-refractivity contribution in [1.29, 1.82) is 5.26 Å². The van der Waals surface area contributed by atoms with E-state index in [4.69, 9.17) is 15.4 Å². The molecule has 0 bridgehead atoms. The van der Waals surface area contributed by atoms with Crippen molar-refractivity contribution in [2.75, 3.05) is 5.73 Å². The first-order valence-electron chi connectivity index (χ1n) is 4.16. The van der Waals surface area contributed by atoms with E-state index in [-0.39, 0.29) is 0 Å². The molecule has 0 fully saturated rings. The number of hydrogen-bond acceptors (Lipinski definition) is 5. The van der Waals surface area contributed by atoms with Gasteiger partial charge in [-0.3, -0.25) is 0 Å². The summed E-state index contributed by atoms with van der Waals surface area (Å²) in [6.45, 7) is 0. The maximum atomic E-state index is 8.79. The molecule has 0 saturated carbocycles. The van der Waals surface area contributed by atoms with E-state index in [9.17, 15) is 0 Å². The molecule has 1 heterocycles. The third-order valence-corrected chi connectivity index (χ3v) is 2.63. The monoisotopic (exact) mass is 217 g/mol. The lowest BCUT2D eigenvalue weighted by atomic mass is 10.2. The summed E-state index contributed by atoms with van der Waals surface area (Å²) in [5.74, 6) is 0. The largest absolute Gasteiger partial charge is 0.440 e. The third-order valence-electron chi connectivity index (χ3n) is 1.76. The highest BCUT2D eigenvalue weighted by Gasteiger charge is 2.04. The van der Waals surface area contributed by atoms with Crippen molar-refractivity contribution in [2.45, 2.75) is 10.1 Å². The molecule has 74 valence electrons. The van der Waals surface area contributed by atoms with Crippen LogP contribution in [0, 0.1) is 11.3 Å². The number of rotatable bonds is 2. The minimum absolute atomic E-state index is 0.464. The van der Waals surface area contributed by atoms with Crippen LogP contribution in [0.15, 0.2) is 45.2 Å². The summed E-state index contributed by atoms with van der Waals surface area (Å²) in [7, 11) is 0. The Hall–Kier alpha value is -1.93. The van der Waals surface area contributed by atoms with Crippen molar-refractivity contribution in [3.05, 3.63) is 36.2 Å². The summed E-state index contributed by atoms with van der Waals surface area (Å²) < 4.78 is 5.08. The van der Waals surface area contributed by atoms with Crippen LogP contribution in [0.3, 0.4) is 0 Å². The van der Waals surface area contributed by atoms with Crippen LogP contribution in [0.4, 0.5) is 5.69 Å². The van der Waals surface area contributed by atoms with E-state index in [0.29, 0.717) is 16.5 Å². The average molecular weight is 217 g/mol. The predicted octanol–water partition coefficient (Wildman–Crippen LogP) is 2.28. The summed E-state index contributed by atoms with van der Waals surface area (Å²) in [5, 5.41) is 9.34. The van der Waals surface area contributed by atoms with E-state index in [1.807, 2.05) is 12.1 Å². The lowest BCUT2D eigenvalue weighted by Crippen LogP contribution is -1.89. The second-order valence-corrected chi connectivity index (χ2v) is 3.79. The molecule has 0 radical (unpaired) electrons. The van der Waals surface area contributed by atoms with Crippen LogP contribution in [0.25, 0.3) is 0 Å². The molecule has 0 unspecified atom stereocenters. The summed E-state index contributed by atoms with van der Waals surface area (Å²) in [6, 6.07) is 7.26. The number of benzene rings is 1. The van der Waals surface area contributed by atoms with Crippen molar-refractivity contribution in [1.82, 2.24) is 4.98 Å². The van der Waals surface area contributed by atoms with Gasteiger partial charge in [0, 0.05) is 10.6 Å². The summed E-state index contributed by atoms with van der Waals surface area (Å²) in [5.41, 5.74) is 6.55. The number of oxazole rings is 1. The predicted molar refractivity (Wildman–Crippen MR) is 56.2 cm³/mol. The molecule has 0 atom stereocenters. The number of nitriles is 1. The lowest BCUT2D eigenvalue weighted by Gasteiger charge is -2.00. The van der Waals surface area contributed by atoms with E-state index in [0.717, 1.165) is 4.90 Å². The maximum Gasteiger partial charge on any atom is 0.260 e. The molecule has 5 heteroatoms. The number of aromatic nitrogens is 1. The Morgan fingerprint density at radius 1 is 1.47 bits per heavy atom. The first-order chi connectivity index (χ1) is 7.29. The maximum absolute atomic E-state index is 8.79. The highest BCUT2D eigenvalue weighted by molar-refractivity contribution is 7.99. The Morgan fingerprint density at radius 3 is 3.00 bits per heavy atom. The molecule has 0 aliphatic heterocycles. The van der Waals surface area contributed by atoms with Crippen LogP contribution >= 0.6 is 11.8 Å². The van der Waals surface area contributed by atoms with Crippen molar-refractivity contribution in [2.24, 2.45) is 0 Å². The Morgan fingerprint density at radius 2 is 2.33 bits per heavy atom. The van der Waals surface area contributed by atoms with Crippen LogP contribution in [-0.2, 0) is 0 Å². The molecule has 4 nitrogen and oxygen atoms in total. The first-order valence-corrected chi connectivity index (χ1v) is 4.98. The van der Waals surface area contributed by atoms with E-state index in [1.165, 1.54) is 18.0 Å². The molecule has 0 aliphatic carbocycles. The van der Waals surface area contributed by atoms with Gasteiger partial charge >= 0.3 is 0 Å². The quantitative estimate of drug-likeness (QED) is 0.781. The van der Waals surface area contributed by atoms with E-state index < -0.39 is 0 Å². The Balaban J connectivity index is 2.27. The number of anilines is 1. The van der Waals surface area contributed by atoms with Crippen LogP contribution < -0.4 is 5.73 Å². The molecule has 2 N–H and O–H groups in total. The molecule has 0 saturated heterocycles. The van der Waals surface area contributed by atoms with Crippen LogP contribution in [-0.4, -0.2) is 4.98 Å². The minimum Gasteiger partial charge on any atom is -0.440 e. The normalized spacial score (nSPS) is 9.80. The molecule has 1 aromatic carbocycles. The van der Waals surface area contributed by atoms with Gasteiger partial charge in [0.15, 0.2) is 0 Å². The molecule has 2 aromatic rings. The second-order valence-electron chi connectivity index (χ2n) is 2.76. The molecule has 0 aliphatic rings. The van der Waals surface area contributed by atoms with Gasteiger partial charge in [-0.05, 0) is 30.0 Å². The average Bonchev–Trinajstić information content (AvgIpc) is 2.73. The Bertz CT molecular complexity index is 502. The SMILES string of the molecule is N#Cc1cc(Sc2ncco2)ccc1N. The fourth-order valence-electron chi connectivity index (χ4n) is 1.06. The van der Waals surface area contributed by atoms with Gasteiger partial charge in [-0.1, -0.05) is 0 Å². The van der Waals surface area contributed by atoms with Crippen LogP contribution in [0.2, 0.25) is 0 Å². The topological polar surface area (TPSA) is 75.8 Å². The molecule has 0 amide bonds. The molecular weight excluding hydrogens is 210 g/mol. The van der Waals surface area contributed by atoms with Gasteiger partial charge in [-0.15, -0.1) is 0 Å². The van der Waals surface area contributed by atoms with E-state index in [2.05, 4.69) is 4.98 Å². The molecular formula is C10H7N3OS. The number of nitrogens with zero attached hydrogens (tertiary/aromatic N) is 2. The number of hydrogen-bond donors (Lipinski definition) is 1. The fraction of sp³-hybridized carbons (Fsp3) is 0. The van der Waals surface area contributed by atoms with Gasteiger partial charge in [0.25, 0.3) is 5.22 Å². The third kappa shape index (κ3) is 2.11. The van der Waals surface area contributed by atoms with Crippen molar-refractivity contribution in [3.63, 3.8) is 0 Å². The molecule has 15 heavy (non-hydrogen) atoms. The van der Waals surface area contributed by atoms with Gasteiger partial charge < -0.3 is 10.2 Å². The summed E-state index contributed by atoms with van der Waals surface area (Å²) in [4.78, 5) is 4.85. The standard InChI is InChI=1S/C10H7N3OS/c11-6-7-5-8(1-2-9(7)12)15-10-13-3-4-14-10/h1-5H,12H2. The van der Waals surface area contributed by atoms with Crippen molar-refractivity contribution in [3.8, 4) is 6.07 Å². The van der Waals surface area contributed by atoms with Crippen molar-refractivity contribution >= 4 is 17.4 Å². The molecule has 0 spiro atoms. The first kappa shape index (κ1) is 9.62. The van der Waals surface area contributed by atoms with Gasteiger partial charge in [-0.25, -0.2) is 4.98 Å². The Kier molecular flexibility index (Phi) is 2.61. The summed E-state index contributed by atoms with van der Waals surface area (Å²) in [6.07, 6.45) is 3.08. The highest BCUT2D eigenvalue weighted by Crippen LogP contribution is 2.28. The van der Waals surface area contributed by atoms with Gasteiger partial charge in [0.05, 0.1) is 11.8 Å². The molecule has 2 rings (SSSR count). The van der Waals surface area contributed by atoms with Crippen LogP contribution in [0.1, 0.15) is 5.56 Å². The number of nitrogens with two attached hydrogens (primary N) is 1. The van der Waals surface area contributed by atoms with E-state index in [1.54, 1.807) is 18.3 Å². The second kappa shape index (κ2) is 4.07. The fourth-order valence-corrected chi connectivity index (χ4v) is 1.79. The zero-order chi connectivity index (χ0) is 10.7. The van der Waals surface area contributed by atoms with E-state index >= 15 is 0 Å². The zero-order valence-corrected chi connectivity index (χ0v) is 8.49. The smallest absolute Gasteiger partial charge is 0.260 e. The van der Waals surface area contributed by atoms with Gasteiger partial charge in [0.1, 0.15) is 12.3 Å². The van der Waals surface area contributed by atoms with Crippen LogP contribution in [0.5, 0.6) is 0 Å². The van der Waals surface area contributed by atoms with Gasteiger partial charge in [0.2, 0.25) is 0 Å². The zero-order valence-electron chi connectivity index (χ0n) is 7.68. The Labute approximate surface area is 90.7 Å². The minimum atomic E-state index is 0.464. The molecule has 1 aromatic heterocycles. The van der Waals surface area contributed by atoms with Gasteiger partial charge in [-0.2, -0.15) is 5.26 Å². The number of nitrogen functional groups attached to an aromatic ring is 1. The summed E-state index contributed by atoms with van der Waals surface area (Å²) >= 11 is 1.35.